The molecular weight excluding hydrogens is 480 g/mol. The molecule has 4 aliphatic rings. The molecule has 0 aliphatic heterocycles. The summed E-state index contributed by atoms with van der Waals surface area (Å²) in [7, 11) is 0. The van der Waals surface area contributed by atoms with Gasteiger partial charge in [-0.1, -0.05) is 53.3 Å². The summed E-state index contributed by atoms with van der Waals surface area (Å²) in [5, 5.41) is 9.38. The summed E-state index contributed by atoms with van der Waals surface area (Å²) < 4.78 is 23.9. The molecule has 0 spiro atoms. The van der Waals surface area contributed by atoms with Crippen LogP contribution in [0.25, 0.3) is 0 Å². The van der Waals surface area contributed by atoms with Gasteiger partial charge >= 0.3 is 11.9 Å². The molecule has 1 N–H and O–H groups in total. The summed E-state index contributed by atoms with van der Waals surface area (Å²) in [5.74, 6) is 1.20. The lowest BCUT2D eigenvalue weighted by molar-refractivity contribution is -0.347. The smallest absolute Gasteiger partial charge is 0.440 e. The number of carbonyl (C=O) groups is 1. The van der Waals surface area contributed by atoms with E-state index in [0.29, 0.717) is 41.4 Å². The van der Waals surface area contributed by atoms with Crippen LogP contribution in [0.15, 0.2) is 38.5 Å². The van der Waals surface area contributed by atoms with Crippen LogP contribution in [0.4, 0.5) is 0 Å². The van der Waals surface area contributed by atoms with E-state index in [-0.39, 0.29) is 24.5 Å². The average molecular weight is 531 g/mol. The highest BCUT2D eigenvalue weighted by atomic mass is 16.9. The number of carboxylic acid groups (broad SMARTS) is 1. The van der Waals surface area contributed by atoms with Gasteiger partial charge in [0.25, 0.3) is 0 Å². The molecule has 6 heteroatoms. The Morgan fingerprint density at radius 2 is 1.68 bits per heavy atom. The van der Waals surface area contributed by atoms with Crippen molar-refractivity contribution >= 4 is 5.97 Å². The third-order valence-corrected chi connectivity index (χ3v) is 11.5. The van der Waals surface area contributed by atoms with Crippen LogP contribution in [0.1, 0.15) is 91.4 Å². The van der Waals surface area contributed by atoms with Crippen molar-refractivity contribution in [2.24, 2.45) is 46.3 Å². The minimum Gasteiger partial charge on any atom is -0.481 e. The number of aliphatic carboxylic acids is 1. The first-order valence-corrected chi connectivity index (χ1v) is 14.8. The largest absolute Gasteiger partial charge is 0.481 e. The van der Waals surface area contributed by atoms with E-state index in [1.165, 1.54) is 63.7 Å². The van der Waals surface area contributed by atoms with Gasteiger partial charge in [0.2, 0.25) is 0 Å². The molecule has 4 saturated carbocycles. The molecule has 6 nitrogen and oxygen atoms in total. The predicted molar refractivity (Wildman–Crippen MR) is 148 cm³/mol. The Kier molecular flexibility index (Phi) is 8.91. The van der Waals surface area contributed by atoms with E-state index in [4.69, 9.17) is 18.9 Å². The zero-order valence-electron chi connectivity index (χ0n) is 23.9. The highest BCUT2D eigenvalue weighted by Crippen LogP contribution is 2.69. The SMILES string of the molecule is C=COC(CO[C@H]1C[C@H]2[C@@H](CC[C@@H]3CCCC[C@@]32C)[C@@H]2CC[C@H]([C@H](C)CCC(=O)O)[C@@]12C)(OC=C)OC=C. The number of rotatable bonds is 13. The van der Waals surface area contributed by atoms with Gasteiger partial charge in [-0.25, -0.2) is 0 Å². The van der Waals surface area contributed by atoms with Gasteiger partial charge in [0, 0.05) is 6.42 Å². The molecule has 0 heterocycles. The van der Waals surface area contributed by atoms with E-state index in [1.807, 2.05) is 0 Å². The Morgan fingerprint density at radius 3 is 2.32 bits per heavy atom. The molecule has 0 aromatic rings. The lowest BCUT2D eigenvalue weighted by atomic mass is 9.44. The number of ether oxygens (including phenoxy) is 4. The highest BCUT2D eigenvalue weighted by molar-refractivity contribution is 5.66. The topological polar surface area (TPSA) is 74.2 Å². The van der Waals surface area contributed by atoms with Crippen molar-refractivity contribution in [3.63, 3.8) is 0 Å². The Hall–Kier alpha value is -1.95. The van der Waals surface area contributed by atoms with Crippen molar-refractivity contribution in [3.05, 3.63) is 38.5 Å². The zero-order valence-corrected chi connectivity index (χ0v) is 23.9. The van der Waals surface area contributed by atoms with Crippen molar-refractivity contribution in [2.75, 3.05) is 6.61 Å². The molecule has 38 heavy (non-hydrogen) atoms. The number of fused-ring (bicyclic) bond motifs is 5. The molecule has 0 saturated heterocycles. The van der Waals surface area contributed by atoms with Gasteiger partial charge in [-0.2, -0.15) is 0 Å². The van der Waals surface area contributed by atoms with Crippen molar-refractivity contribution in [1.29, 1.82) is 0 Å². The fraction of sp³-hybridized carbons (Fsp3) is 0.781. The van der Waals surface area contributed by atoms with Crippen LogP contribution in [0, 0.1) is 46.3 Å². The summed E-state index contributed by atoms with van der Waals surface area (Å²) >= 11 is 0. The monoisotopic (exact) mass is 530 g/mol. The van der Waals surface area contributed by atoms with Crippen LogP contribution >= 0.6 is 0 Å². The molecule has 0 aromatic heterocycles. The quantitative estimate of drug-likeness (QED) is 0.195. The number of hydrogen-bond donors (Lipinski definition) is 1. The predicted octanol–water partition coefficient (Wildman–Crippen LogP) is 7.67. The van der Waals surface area contributed by atoms with E-state index in [0.717, 1.165) is 18.8 Å². The molecule has 214 valence electrons. The fourth-order valence-electron chi connectivity index (χ4n) is 9.76. The van der Waals surface area contributed by atoms with Crippen molar-refractivity contribution in [3.8, 4) is 0 Å². The average Bonchev–Trinajstić information content (AvgIpc) is 3.24. The summed E-state index contributed by atoms with van der Waals surface area (Å²) in [6.07, 6.45) is 16.1. The number of carboxylic acids is 1. The van der Waals surface area contributed by atoms with Crippen molar-refractivity contribution in [2.45, 2.75) is 103 Å². The number of hydrogen-bond acceptors (Lipinski definition) is 5. The van der Waals surface area contributed by atoms with Crippen molar-refractivity contribution in [1.82, 2.24) is 0 Å². The molecule has 0 radical (unpaired) electrons. The first-order valence-electron chi connectivity index (χ1n) is 14.8. The molecule has 4 aliphatic carbocycles. The Labute approximate surface area is 229 Å². The Balaban J connectivity index is 1.67. The van der Waals surface area contributed by atoms with Gasteiger partial charge in [0.15, 0.2) is 6.61 Å². The van der Waals surface area contributed by atoms with Crippen molar-refractivity contribution < 1.29 is 28.8 Å². The lowest BCUT2D eigenvalue weighted by Crippen LogP contribution is -2.59. The summed E-state index contributed by atoms with van der Waals surface area (Å²) in [4.78, 5) is 11.4. The molecule has 9 atom stereocenters. The van der Waals surface area contributed by atoms with Crippen LogP contribution in [0.2, 0.25) is 0 Å². The van der Waals surface area contributed by atoms with Gasteiger partial charge < -0.3 is 24.1 Å². The van der Waals surface area contributed by atoms with E-state index < -0.39 is 11.9 Å². The van der Waals surface area contributed by atoms with Crippen LogP contribution < -0.4 is 0 Å². The molecule has 0 amide bonds. The molecule has 0 bridgehead atoms. The van der Waals surface area contributed by atoms with Gasteiger partial charge in [0.1, 0.15) is 0 Å². The highest BCUT2D eigenvalue weighted by Gasteiger charge is 2.64. The maximum atomic E-state index is 11.4. The van der Waals surface area contributed by atoms with Gasteiger partial charge in [-0.05, 0) is 97.7 Å². The standard InChI is InChI=1S/C32H50O6/c1-7-36-32(37-8-2,38-9-3)21-35-28-20-27-24(15-14-23-12-10-11-19-30(23,27)5)26-17-16-25(31(26,28)6)22(4)13-18-29(33)34/h7-9,22-28H,1-3,10-21H2,4-6H3,(H,33,34)/t22-,23+,24+,25-,26+,27+,28+,30+,31-/m1/s1. The Bertz CT molecular complexity index is 843. The maximum Gasteiger partial charge on any atom is 0.440 e. The van der Waals surface area contributed by atoms with Gasteiger partial charge in [-0.15, -0.1) is 0 Å². The van der Waals surface area contributed by atoms with Crippen LogP contribution in [-0.2, 0) is 23.7 Å². The normalized spacial score (nSPS) is 39.0. The maximum absolute atomic E-state index is 11.4. The molecule has 0 unspecified atom stereocenters. The van der Waals surface area contributed by atoms with Crippen LogP contribution in [0.5, 0.6) is 0 Å². The second-order valence-corrected chi connectivity index (χ2v) is 12.9. The molecular formula is C32H50O6. The third-order valence-electron chi connectivity index (χ3n) is 11.5. The summed E-state index contributed by atoms with van der Waals surface area (Å²) in [5.41, 5.74) is 0.306. The minimum atomic E-state index is -1.53. The van der Waals surface area contributed by atoms with Crippen LogP contribution in [-0.4, -0.2) is 29.8 Å². The second kappa shape index (κ2) is 11.7. The summed E-state index contributed by atoms with van der Waals surface area (Å²) in [6.45, 7) is 18.4. The second-order valence-electron chi connectivity index (χ2n) is 12.9. The lowest BCUT2D eigenvalue weighted by Gasteiger charge is -2.63. The van der Waals surface area contributed by atoms with Gasteiger partial charge in [0.05, 0.1) is 24.9 Å². The minimum absolute atomic E-state index is 0.0133. The molecule has 4 fully saturated rings. The zero-order chi connectivity index (χ0) is 27.6. The molecule has 4 rings (SSSR count). The molecule has 0 aromatic carbocycles. The van der Waals surface area contributed by atoms with Gasteiger partial charge in [-0.3, -0.25) is 4.79 Å². The van der Waals surface area contributed by atoms with E-state index in [9.17, 15) is 9.90 Å². The fourth-order valence-corrected chi connectivity index (χ4v) is 9.76. The Morgan fingerprint density at radius 1 is 1.00 bits per heavy atom. The third kappa shape index (κ3) is 5.14. The first kappa shape index (κ1) is 29.0. The first-order chi connectivity index (χ1) is 18.1. The van der Waals surface area contributed by atoms with Crippen LogP contribution in [0.3, 0.4) is 0 Å². The summed E-state index contributed by atoms with van der Waals surface area (Å²) in [6, 6.07) is 0. The van der Waals surface area contributed by atoms with E-state index in [1.54, 1.807) is 0 Å². The van der Waals surface area contributed by atoms with E-state index in [2.05, 4.69) is 40.5 Å². The van der Waals surface area contributed by atoms with E-state index >= 15 is 0 Å².